The Hall–Kier alpha value is -2.09. The van der Waals surface area contributed by atoms with Gasteiger partial charge in [-0.15, -0.1) is 0 Å². The van der Waals surface area contributed by atoms with Crippen LogP contribution in [-0.4, -0.2) is 28.4 Å². The number of carbonyl (C=O) groups is 1. The zero-order chi connectivity index (χ0) is 14.2. The van der Waals surface area contributed by atoms with Crippen LogP contribution in [0.25, 0.3) is 11.3 Å². The molecule has 0 unspecified atom stereocenters. The molecule has 0 spiro atoms. The van der Waals surface area contributed by atoms with Crippen LogP contribution < -0.4 is 4.74 Å². The van der Waals surface area contributed by atoms with Gasteiger partial charge < -0.3 is 19.5 Å². The number of nitrogens with zero attached hydrogens (tertiary/aromatic N) is 1. The summed E-state index contributed by atoms with van der Waals surface area (Å²) in [6, 6.07) is 2.06. The fourth-order valence-electron chi connectivity index (χ4n) is 1.48. The molecule has 0 saturated heterocycles. The minimum absolute atomic E-state index is 0.0282. The van der Waals surface area contributed by atoms with Crippen molar-refractivity contribution in [1.29, 1.82) is 0 Å². The fourth-order valence-corrected chi connectivity index (χ4v) is 1.98. The van der Waals surface area contributed by atoms with Gasteiger partial charge in [-0.3, -0.25) is 0 Å². The van der Waals surface area contributed by atoms with Gasteiger partial charge in [-0.2, -0.15) is 0 Å². The summed E-state index contributed by atoms with van der Waals surface area (Å²) in [4.78, 5) is 10.7. The molecule has 0 fully saturated rings. The molecule has 0 saturated carbocycles. The number of phenols is 1. The fraction of sp³-hybridized carbons (Fsp3) is 0.0909. The topological polar surface area (TPSA) is 92.8 Å². The molecule has 100 valence electrons. The van der Waals surface area contributed by atoms with E-state index in [2.05, 4.69) is 25.6 Å². The van der Waals surface area contributed by atoms with Crippen LogP contribution in [0.4, 0.5) is 4.39 Å². The van der Waals surface area contributed by atoms with Gasteiger partial charge in [0.1, 0.15) is 11.5 Å². The predicted octanol–water partition coefficient (Wildman–Crippen LogP) is 2.66. The molecule has 0 amide bonds. The lowest BCUT2D eigenvalue weighted by Gasteiger charge is -2.09. The van der Waals surface area contributed by atoms with Gasteiger partial charge in [-0.1, -0.05) is 5.16 Å². The average Bonchev–Trinajstić information content (AvgIpc) is 2.83. The van der Waals surface area contributed by atoms with E-state index in [-0.39, 0.29) is 27.2 Å². The second kappa shape index (κ2) is 4.88. The summed E-state index contributed by atoms with van der Waals surface area (Å²) in [5.41, 5.74) is -0.0762. The molecule has 19 heavy (non-hydrogen) atoms. The Balaban J connectivity index is 2.66. The highest BCUT2D eigenvalue weighted by Crippen LogP contribution is 2.43. The summed E-state index contributed by atoms with van der Waals surface area (Å²) in [5.74, 6) is -2.91. The number of benzene rings is 1. The van der Waals surface area contributed by atoms with Gasteiger partial charge in [-0.25, -0.2) is 9.18 Å². The first-order valence-corrected chi connectivity index (χ1v) is 5.70. The van der Waals surface area contributed by atoms with Gasteiger partial charge in [0, 0.05) is 12.1 Å². The molecule has 8 heteroatoms. The molecule has 2 rings (SSSR count). The zero-order valence-electron chi connectivity index (χ0n) is 9.48. The van der Waals surface area contributed by atoms with E-state index in [9.17, 15) is 14.3 Å². The minimum Gasteiger partial charge on any atom is -0.504 e. The Morgan fingerprint density at radius 1 is 1.53 bits per heavy atom. The smallest absolute Gasteiger partial charge is 0.374 e. The van der Waals surface area contributed by atoms with Crippen LogP contribution in [0.15, 0.2) is 21.1 Å². The third-order valence-electron chi connectivity index (χ3n) is 2.35. The van der Waals surface area contributed by atoms with E-state index in [0.717, 1.165) is 12.1 Å². The summed E-state index contributed by atoms with van der Waals surface area (Å²) < 4.78 is 22.9. The van der Waals surface area contributed by atoms with Gasteiger partial charge in [0.25, 0.3) is 0 Å². The Morgan fingerprint density at radius 2 is 2.21 bits per heavy atom. The van der Waals surface area contributed by atoms with Crippen LogP contribution in [0.2, 0.25) is 0 Å². The van der Waals surface area contributed by atoms with E-state index in [1.54, 1.807) is 0 Å². The normalized spacial score (nSPS) is 10.5. The van der Waals surface area contributed by atoms with Crippen LogP contribution in [-0.2, 0) is 0 Å². The van der Waals surface area contributed by atoms with Gasteiger partial charge in [-0.05, 0) is 15.9 Å². The molecule has 6 nitrogen and oxygen atoms in total. The number of aromatic carboxylic acids is 1. The molecule has 1 aromatic carbocycles. The number of methoxy groups -OCH3 is 1. The lowest BCUT2D eigenvalue weighted by molar-refractivity contribution is 0.0652. The molecular weight excluding hydrogens is 325 g/mol. The molecule has 0 atom stereocenters. The van der Waals surface area contributed by atoms with Crippen molar-refractivity contribution in [2.24, 2.45) is 0 Å². The highest BCUT2D eigenvalue weighted by atomic mass is 79.9. The van der Waals surface area contributed by atoms with Crippen molar-refractivity contribution >= 4 is 21.9 Å². The lowest BCUT2D eigenvalue weighted by Crippen LogP contribution is -1.93. The van der Waals surface area contributed by atoms with Gasteiger partial charge in [0.05, 0.1) is 17.1 Å². The van der Waals surface area contributed by atoms with Crippen LogP contribution >= 0.6 is 15.9 Å². The minimum atomic E-state index is -1.32. The molecule has 0 bridgehead atoms. The molecule has 2 N–H and O–H groups in total. The van der Waals surface area contributed by atoms with Crippen LogP contribution in [0.1, 0.15) is 10.6 Å². The number of phenolic OH excluding ortho intramolecular Hbond substituents is 1. The summed E-state index contributed by atoms with van der Waals surface area (Å²) in [6.07, 6.45) is 0. The Labute approximate surface area is 114 Å². The highest BCUT2D eigenvalue weighted by molar-refractivity contribution is 9.10. The molecule has 0 aliphatic rings. The number of aromatic nitrogens is 1. The molecule has 0 aliphatic heterocycles. The third-order valence-corrected chi connectivity index (χ3v) is 3.13. The lowest BCUT2D eigenvalue weighted by atomic mass is 10.1. The third kappa shape index (κ3) is 2.26. The summed E-state index contributed by atoms with van der Waals surface area (Å²) in [5, 5.41) is 22.2. The van der Waals surface area contributed by atoms with Crippen molar-refractivity contribution < 1.29 is 28.7 Å². The Bertz CT molecular complexity index is 655. The summed E-state index contributed by atoms with van der Waals surface area (Å²) >= 11 is 2.96. The molecule has 1 heterocycles. The monoisotopic (exact) mass is 331 g/mol. The maximum absolute atomic E-state index is 13.6. The van der Waals surface area contributed by atoms with Crippen molar-refractivity contribution in [1.82, 2.24) is 5.16 Å². The first-order valence-electron chi connectivity index (χ1n) is 4.91. The number of rotatable bonds is 3. The molecule has 0 radical (unpaired) electrons. The largest absolute Gasteiger partial charge is 0.504 e. The van der Waals surface area contributed by atoms with Crippen molar-refractivity contribution in [2.75, 3.05) is 7.11 Å². The number of aromatic hydroxyl groups is 1. The summed E-state index contributed by atoms with van der Waals surface area (Å²) in [6.45, 7) is 0. The number of hydrogen-bond donors (Lipinski definition) is 2. The molecule has 1 aromatic heterocycles. The van der Waals surface area contributed by atoms with Crippen LogP contribution in [0.5, 0.6) is 11.5 Å². The Kier molecular flexibility index (Phi) is 3.43. The first kappa shape index (κ1) is 13.3. The van der Waals surface area contributed by atoms with E-state index in [4.69, 9.17) is 9.84 Å². The average molecular weight is 332 g/mol. The standard InChI is InChI=1S/C11H7BrFNO5/c1-18-6-2-4(13)9(12)8(10(6)15)5-3-7(11(16)17)19-14-5/h2-3,15H,1H3,(H,16,17). The SMILES string of the molecule is COc1cc(F)c(Br)c(-c2cc(C(=O)O)on2)c1O. The van der Waals surface area contributed by atoms with Crippen LogP contribution in [0.3, 0.4) is 0 Å². The van der Waals surface area contributed by atoms with Crippen LogP contribution in [0, 0.1) is 5.82 Å². The quantitative estimate of drug-likeness (QED) is 0.898. The number of ether oxygens (including phenoxy) is 1. The van der Waals surface area contributed by atoms with E-state index in [0.29, 0.717) is 0 Å². The predicted molar refractivity (Wildman–Crippen MR) is 64.8 cm³/mol. The number of hydrogen-bond acceptors (Lipinski definition) is 5. The number of halogens is 2. The van der Waals surface area contributed by atoms with E-state index in [1.807, 2.05) is 0 Å². The second-order valence-corrected chi connectivity index (χ2v) is 4.27. The van der Waals surface area contributed by atoms with Crippen molar-refractivity contribution in [3.63, 3.8) is 0 Å². The van der Waals surface area contributed by atoms with Gasteiger partial charge >= 0.3 is 5.97 Å². The summed E-state index contributed by atoms with van der Waals surface area (Å²) in [7, 11) is 1.26. The molecule has 2 aromatic rings. The molecular formula is C11H7BrFNO5. The van der Waals surface area contributed by atoms with E-state index >= 15 is 0 Å². The van der Waals surface area contributed by atoms with E-state index < -0.39 is 17.5 Å². The van der Waals surface area contributed by atoms with Crippen molar-refractivity contribution in [2.45, 2.75) is 0 Å². The number of carboxylic acid groups (broad SMARTS) is 1. The van der Waals surface area contributed by atoms with Gasteiger partial charge in [0.2, 0.25) is 5.76 Å². The zero-order valence-corrected chi connectivity index (χ0v) is 11.1. The second-order valence-electron chi connectivity index (χ2n) is 3.48. The van der Waals surface area contributed by atoms with Crippen molar-refractivity contribution in [3.05, 3.63) is 28.2 Å². The maximum atomic E-state index is 13.6. The molecule has 0 aliphatic carbocycles. The first-order chi connectivity index (χ1) is 8.95. The van der Waals surface area contributed by atoms with Crippen molar-refractivity contribution in [3.8, 4) is 22.8 Å². The van der Waals surface area contributed by atoms with Gasteiger partial charge in [0.15, 0.2) is 11.5 Å². The highest BCUT2D eigenvalue weighted by Gasteiger charge is 2.22. The van der Waals surface area contributed by atoms with E-state index in [1.165, 1.54) is 7.11 Å². The number of carboxylic acids is 1. The maximum Gasteiger partial charge on any atom is 0.374 e. The Morgan fingerprint density at radius 3 is 2.74 bits per heavy atom.